The zero-order valence-electron chi connectivity index (χ0n) is 14.2. The molecule has 0 saturated heterocycles. The first-order valence-electron chi connectivity index (χ1n) is 8.90. The standard InChI is InChI=1S/C22H25FO/c1-2-24-22-13-11-21(12-14-22)20-9-7-19(8-10-20)18-5-3-17(4-6-18)15-16-23/h7-18H,2-6H2,1H3. The Morgan fingerprint density at radius 3 is 2.04 bits per heavy atom. The van der Waals surface area contributed by atoms with Gasteiger partial charge in [0.15, 0.2) is 0 Å². The fourth-order valence-corrected chi connectivity index (χ4v) is 3.61. The van der Waals surface area contributed by atoms with Crippen molar-refractivity contribution in [3.8, 4) is 16.9 Å². The molecule has 1 saturated carbocycles. The van der Waals surface area contributed by atoms with E-state index in [4.69, 9.17) is 4.74 Å². The highest BCUT2D eigenvalue weighted by Gasteiger charge is 2.20. The van der Waals surface area contributed by atoms with E-state index in [0.717, 1.165) is 31.4 Å². The van der Waals surface area contributed by atoms with Crippen LogP contribution in [0.2, 0.25) is 0 Å². The number of rotatable bonds is 5. The molecule has 0 amide bonds. The van der Waals surface area contributed by atoms with Crippen LogP contribution < -0.4 is 4.74 Å². The number of hydrogen-bond acceptors (Lipinski definition) is 1. The minimum atomic E-state index is 0.425. The van der Waals surface area contributed by atoms with Gasteiger partial charge >= 0.3 is 0 Å². The van der Waals surface area contributed by atoms with Crippen molar-refractivity contribution in [1.29, 1.82) is 0 Å². The monoisotopic (exact) mass is 324 g/mol. The summed E-state index contributed by atoms with van der Waals surface area (Å²) in [6.07, 6.45) is 6.90. The summed E-state index contributed by atoms with van der Waals surface area (Å²) >= 11 is 0. The van der Waals surface area contributed by atoms with Gasteiger partial charge < -0.3 is 4.74 Å². The Hall–Kier alpha value is -2.09. The van der Waals surface area contributed by atoms with E-state index in [1.807, 2.05) is 19.1 Å². The molecule has 2 heteroatoms. The molecule has 1 nitrogen and oxygen atoms in total. The van der Waals surface area contributed by atoms with Crippen molar-refractivity contribution in [2.24, 2.45) is 5.92 Å². The molecule has 1 fully saturated rings. The molecule has 0 heterocycles. The molecule has 0 spiro atoms. The largest absolute Gasteiger partial charge is 0.494 e. The topological polar surface area (TPSA) is 9.23 Å². The summed E-state index contributed by atoms with van der Waals surface area (Å²) in [6, 6.07) is 17.2. The summed E-state index contributed by atoms with van der Waals surface area (Å²) in [6.45, 7) is 2.69. The van der Waals surface area contributed by atoms with Crippen LogP contribution in [0.5, 0.6) is 5.75 Å². The number of hydrogen-bond donors (Lipinski definition) is 0. The lowest BCUT2D eigenvalue weighted by atomic mass is 9.78. The summed E-state index contributed by atoms with van der Waals surface area (Å²) < 4.78 is 17.8. The lowest BCUT2D eigenvalue weighted by molar-refractivity contribution is 0.340. The zero-order chi connectivity index (χ0) is 16.8. The second kappa shape index (κ2) is 8.14. The van der Waals surface area contributed by atoms with E-state index in [-0.39, 0.29) is 0 Å². The number of halogens is 1. The van der Waals surface area contributed by atoms with E-state index < -0.39 is 0 Å². The van der Waals surface area contributed by atoms with Gasteiger partial charge in [-0.15, -0.1) is 0 Å². The molecule has 24 heavy (non-hydrogen) atoms. The Bertz CT molecular complexity index is 649. The van der Waals surface area contributed by atoms with Crippen LogP contribution in [0.25, 0.3) is 11.1 Å². The quantitative estimate of drug-likeness (QED) is 0.609. The first kappa shape index (κ1) is 16.8. The van der Waals surface area contributed by atoms with Crippen molar-refractivity contribution >= 4 is 0 Å². The minimum absolute atomic E-state index is 0.425. The Morgan fingerprint density at radius 1 is 0.917 bits per heavy atom. The average Bonchev–Trinajstić information content (AvgIpc) is 2.64. The maximum absolute atomic E-state index is 12.3. The molecular formula is C22H25FO. The van der Waals surface area contributed by atoms with Crippen molar-refractivity contribution in [2.45, 2.75) is 38.5 Å². The van der Waals surface area contributed by atoms with Gasteiger partial charge in [-0.25, -0.2) is 4.39 Å². The molecule has 0 aromatic heterocycles. The summed E-state index contributed by atoms with van der Waals surface area (Å²) in [5.41, 5.74) is 3.85. The van der Waals surface area contributed by atoms with E-state index in [1.165, 1.54) is 16.7 Å². The normalized spacial score (nSPS) is 21.1. The van der Waals surface area contributed by atoms with Crippen LogP contribution in [0.15, 0.2) is 60.9 Å². The number of ether oxygens (including phenoxy) is 1. The second-order valence-corrected chi connectivity index (χ2v) is 6.51. The van der Waals surface area contributed by atoms with Gasteiger partial charge in [0.2, 0.25) is 0 Å². The molecule has 0 atom stereocenters. The van der Waals surface area contributed by atoms with E-state index in [2.05, 4.69) is 36.4 Å². The molecular weight excluding hydrogens is 299 g/mol. The van der Waals surface area contributed by atoms with Crippen molar-refractivity contribution in [3.63, 3.8) is 0 Å². The first-order valence-corrected chi connectivity index (χ1v) is 8.90. The molecule has 0 bridgehead atoms. The van der Waals surface area contributed by atoms with E-state index in [1.54, 1.807) is 6.08 Å². The molecule has 126 valence electrons. The minimum Gasteiger partial charge on any atom is -0.494 e. The third-order valence-electron chi connectivity index (χ3n) is 5.00. The fraction of sp³-hybridized carbons (Fsp3) is 0.364. The van der Waals surface area contributed by atoms with Crippen molar-refractivity contribution in [2.75, 3.05) is 6.61 Å². The Morgan fingerprint density at radius 2 is 1.50 bits per heavy atom. The van der Waals surface area contributed by atoms with Crippen LogP contribution in [-0.2, 0) is 0 Å². The van der Waals surface area contributed by atoms with Crippen molar-refractivity contribution in [3.05, 3.63) is 66.5 Å². The Labute approximate surface area is 144 Å². The maximum atomic E-state index is 12.3. The Kier molecular flexibility index (Phi) is 5.68. The summed E-state index contributed by atoms with van der Waals surface area (Å²) in [5.74, 6) is 1.95. The van der Waals surface area contributed by atoms with Crippen LogP contribution in [0.1, 0.15) is 44.1 Å². The molecule has 3 rings (SSSR count). The third kappa shape index (κ3) is 4.05. The van der Waals surface area contributed by atoms with Crippen LogP contribution in [-0.4, -0.2) is 6.61 Å². The highest BCUT2D eigenvalue weighted by Crippen LogP contribution is 2.37. The van der Waals surface area contributed by atoms with Gasteiger partial charge in [0.25, 0.3) is 0 Å². The lowest BCUT2D eigenvalue weighted by Crippen LogP contribution is -2.11. The molecule has 0 N–H and O–H groups in total. The second-order valence-electron chi connectivity index (χ2n) is 6.51. The van der Waals surface area contributed by atoms with Gasteiger partial charge in [0.1, 0.15) is 5.75 Å². The Balaban J connectivity index is 1.65. The van der Waals surface area contributed by atoms with E-state index >= 15 is 0 Å². The van der Waals surface area contributed by atoms with Gasteiger partial charge in [-0.3, -0.25) is 0 Å². The van der Waals surface area contributed by atoms with Gasteiger partial charge in [-0.05, 0) is 73.3 Å². The number of allylic oxidation sites excluding steroid dienone is 1. The van der Waals surface area contributed by atoms with E-state index in [0.29, 0.717) is 24.8 Å². The van der Waals surface area contributed by atoms with Gasteiger partial charge in [0, 0.05) is 0 Å². The predicted octanol–water partition coefficient (Wildman–Crippen LogP) is 6.51. The molecule has 2 aromatic carbocycles. The smallest absolute Gasteiger partial charge is 0.119 e. The molecule has 1 aliphatic carbocycles. The highest BCUT2D eigenvalue weighted by molar-refractivity contribution is 5.64. The van der Waals surface area contributed by atoms with Crippen LogP contribution in [0.3, 0.4) is 0 Å². The molecule has 0 aliphatic heterocycles. The van der Waals surface area contributed by atoms with Crippen molar-refractivity contribution < 1.29 is 9.13 Å². The van der Waals surface area contributed by atoms with Gasteiger partial charge in [-0.2, -0.15) is 0 Å². The van der Waals surface area contributed by atoms with E-state index in [9.17, 15) is 4.39 Å². The summed E-state index contributed by atoms with van der Waals surface area (Å²) in [7, 11) is 0. The zero-order valence-corrected chi connectivity index (χ0v) is 14.2. The molecule has 2 aromatic rings. The average molecular weight is 324 g/mol. The van der Waals surface area contributed by atoms with Crippen LogP contribution in [0.4, 0.5) is 4.39 Å². The predicted molar refractivity (Wildman–Crippen MR) is 98.0 cm³/mol. The van der Waals surface area contributed by atoms with Crippen LogP contribution >= 0.6 is 0 Å². The van der Waals surface area contributed by atoms with Gasteiger partial charge in [0.05, 0.1) is 12.9 Å². The number of benzene rings is 2. The lowest BCUT2D eigenvalue weighted by Gasteiger charge is -2.27. The molecule has 0 radical (unpaired) electrons. The maximum Gasteiger partial charge on any atom is 0.119 e. The van der Waals surface area contributed by atoms with Crippen molar-refractivity contribution in [1.82, 2.24) is 0 Å². The van der Waals surface area contributed by atoms with Gasteiger partial charge in [-0.1, -0.05) is 42.5 Å². The van der Waals surface area contributed by atoms with Crippen LogP contribution in [0, 0.1) is 5.92 Å². The first-order chi connectivity index (χ1) is 11.8. The molecule has 0 unspecified atom stereocenters. The summed E-state index contributed by atoms with van der Waals surface area (Å²) in [4.78, 5) is 0. The third-order valence-corrected chi connectivity index (χ3v) is 5.00. The highest BCUT2D eigenvalue weighted by atomic mass is 19.1. The molecule has 1 aliphatic rings. The SMILES string of the molecule is CCOc1ccc(-c2ccc(C3CCC(C=CF)CC3)cc2)cc1. The fourth-order valence-electron chi connectivity index (χ4n) is 3.61. The summed E-state index contributed by atoms with van der Waals surface area (Å²) in [5, 5.41) is 0.